The number of nitrogens with zero attached hydrogens (tertiary/aromatic N) is 4. The second kappa shape index (κ2) is 8.86. The van der Waals surface area contributed by atoms with E-state index in [4.69, 9.17) is 14.5 Å². The molecule has 2 unspecified atom stereocenters. The molecule has 1 aromatic rings. The third kappa shape index (κ3) is 4.38. The Hall–Kier alpha value is -1.60. The molecule has 0 spiro atoms. The molecule has 0 bridgehead atoms. The van der Waals surface area contributed by atoms with Gasteiger partial charge in [-0.2, -0.15) is 0 Å². The zero-order valence-electron chi connectivity index (χ0n) is 16.4. The number of ether oxygens (including phenoxy) is 2. The summed E-state index contributed by atoms with van der Waals surface area (Å²) in [5, 5.41) is 3.48. The quantitative estimate of drug-likeness (QED) is 0.640. The highest BCUT2D eigenvalue weighted by molar-refractivity contribution is 5.80. The second-order valence-electron chi connectivity index (χ2n) is 7.46. The predicted octanol–water partition coefficient (Wildman–Crippen LogP) is 1.93. The van der Waals surface area contributed by atoms with Crippen LogP contribution in [0.5, 0.6) is 0 Å². The molecule has 0 aliphatic carbocycles. The number of imidazole rings is 1. The number of hydrogen-bond acceptors (Lipinski definition) is 4. The van der Waals surface area contributed by atoms with Crippen molar-refractivity contribution in [2.24, 2.45) is 10.9 Å². The minimum atomic E-state index is -0.189. The van der Waals surface area contributed by atoms with E-state index in [-0.39, 0.29) is 5.60 Å². The standard InChI is InChI=1S/C19H33N5O2/c1-4-21-18(22-14-19(25-3)6-11-26-12-7-19)23-9-5-16(2)17(13-23)24-10-8-20-15-24/h8,10,15-17H,4-7,9,11-14H2,1-3H3,(H,21,22). The molecule has 2 atom stereocenters. The van der Waals surface area contributed by atoms with Crippen molar-refractivity contribution in [3.8, 4) is 0 Å². The van der Waals surface area contributed by atoms with Gasteiger partial charge in [0.05, 0.1) is 24.5 Å². The van der Waals surface area contributed by atoms with E-state index in [1.807, 2.05) is 12.5 Å². The molecule has 7 nitrogen and oxygen atoms in total. The van der Waals surface area contributed by atoms with E-state index in [2.05, 4.69) is 39.8 Å². The lowest BCUT2D eigenvalue weighted by molar-refractivity contribution is -0.0829. The van der Waals surface area contributed by atoms with E-state index in [1.54, 1.807) is 7.11 Å². The van der Waals surface area contributed by atoms with Crippen LogP contribution >= 0.6 is 0 Å². The zero-order valence-corrected chi connectivity index (χ0v) is 16.4. The van der Waals surface area contributed by atoms with Crippen LogP contribution < -0.4 is 5.32 Å². The van der Waals surface area contributed by atoms with Gasteiger partial charge in [0.25, 0.3) is 0 Å². The number of hydrogen-bond donors (Lipinski definition) is 1. The van der Waals surface area contributed by atoms with Crippen molar-refractivity contribution in [3.63, 3.8) is 0 Å². The Balaban J connectivity index is 1.72. The Morgan fingerprint density at radius 1 is 1.42 bits per heavy atom. The average Bonchev–Trinajstić information content (AvgIpc) is 3.21. The van der Waals surface area contributed by atoms with E-state index < -0.39 is 0 Å². The van der Waals surface area contributed by atoms with Crippen molar-refractivity contribution in [1.82, 2.24) is 19.8 Å². The van der Waals surface area contributed by atoms with Crippen LogP contribution in [0.25, 0.3) is 0 Å². The lowest BCUT2D eigenvalue weighted by Crippen LogP contribution is -2.50. The van der Waals surface area contributed by atoms with Crippen LogP contribution in [0.2, 0.25) is 0 Å². The summed E-state index contributed by atoms with van der Waals surface area (Å²) in [4.78, 5) is 11.6. The molecule has 0 saturated carbocycles. The smallest absolute Gasteiger partial charge is 0.194 e. The molecule has 1 N–H and O–H groups in total. The monoisotopic (exact) mass is 363 g/mol. The lowest BCUT2D eigenvalue weighted by atomic mass is 9.93. The van der Waals surface area contributed by atoms with Crippen LogP contribution in [0.3, 0.4) is 0 Å². The summed E-state index contributed by atoms with van der Waals surface area (Å²) in [7, 11) is 1.80. The van der Waals surface area contributed by atoms with Gasteiger partial charge >= 0.3 is 0 Å². The fourth-order valence-corrected chi connectivity index (χ4v) is 3.91. The second-order valence-corrected chi connectivity index (χ2v) is 7.46. The fraction of sp³-hybridized carbons (Fsp3) is 0.789. The number of aliphatic imine (C=N–C) groups is 1. The SMILES string of the molecule is CCNC(=NCC1(OC)CCOCC1)N1CCC(C)C(n2ccnc2)C1. The first-order valence-corrected chi connectivity index (χ1v) is 9.81. The lowest BCUT2D eigenvalue weighted by Gasteiger charge is -2.40. The number of rotatable bonds is 5. The molecule has 146 valence electrons. The highest BCUT2D eigenvalue weighted by Gasteiger charge is 2.33. The van der Waals surface area contributed by atoms with Crippen LogP contribution in [0.15, 0.2) is 23.7 Å². The third-order valence-electron chi connectivity index (χ3n) is 5.81. The van der Waals surface area contributed by atoms with E-state index in [0.29, 0.717) is 18.5 Å². The summed E-state index contributed by atoms with van der Waals surface area (Å²) in [5.74, 6) is 1.62. The summed E-state index contributed by atoms with van der Waals surface area (Å²) >= 11 is 0. The van der Waals surface area contributed by atoms with Gasteiger partial charge in [-0.3, -0.25) is 4.99 Å². The van der Waals surface area contributed by atoms with Crippen molar-refractivity contribution in [1.29, 1.82) is 0 Å². The molecule has 2 aliphatic heterocycles. The molecular weight excluding hydrogens is 330 g/mol. The molecule has 3 rings (SSSR count). The van der Waals surface area contributed by atoms with Crippen LogP contribution in [0, 0.1) is 5.92 Å². The largest absolute Gasteiger partial charge is 0.381 e. The van der Waals surface area contributed by atoms with Crippen molar-refractivity contribution in [3.05, 3.63) is 18.7 Å². The molecule has 7 heteroatoms. The molecule has 0 amide bonds. The van der Waals surface area contributed by atoms with Crippen molar-refractivity contribution in [2.45, 2.75) is 44.8 Å². The number of methoxy groups -OCH3 is 1. The normalized spacial score (nSPS) is 26.7. The van der Waals surface area contributed by atoms with Crippen LogP contribution in [-0.4, -0.2) is 72.5 Å². The van der Waals surface area contributed by atoms with E-state index in [9.17, 15) is 0 Å². The minimum absolute atomic E-state index is 0.189. The maximum atomic E-state index is 5.85. The number of piperidine rings is 1. The predicted molar refractivity (Wildman–Crippen MR) is 102 cm³/mol. The van der Waals surface area contributed by atoms with Crippen molar-refractivity contribution < 1.29 is 9.47 Å². The van der Waals surface area contributed by atoms with Gasteiger partial charge in [-0.15, -0.1) is 0 Å². The summed E-state index contributed by atoms with van der Waals surface area (Å²) in [5.41, 5.74) is -0.189. The number of guanidine groups is 1. The van der Waals surface area contributed by atoms with Crippen LogP contribution in [-0.2, 0) is 9.47 Å². The summed E-state index contributed by atoms with van der Waals surface area (Å²) < 4.78 is 13.6. The molecule has 1 aromatic heterocycles. The number of nitrogens with one attached hydrogen (secondary N) is 1. The molecular formula is C19H33N5O2. The molecule has 2 fully saturated rings. The van der Waals surface area contributed by atoms with Gasteiger partial charge in [0.1, 0.15) is 0 Å². The maximum Gasteiger partial charge on any atom is 0.194 e. The van der Waals surface area contributed by atoms with E-state index in [0.717, 1.165) is 58.1 Å². The Labute approximate surface area is 156 Å². The van der Waals surface area contributed by atoms with Gasteiger partial charge < -0.3 is 24.3 Å². The minimum Gasteiger partial charge on any atom is -0.381 e. The molecule has 0 radical (unpaired) electrons. The van der Waals surface area contributed by atoms with Crippen LogP contribution in [0.1, 0.15) is 39.2 Å². The molecule has 3 heterocycles. The zero-order chi connectivity index (χ0) is 18.4. The summed E-state index contributed by atoms with van der Waals surface area (Å²) in [6, 6.07) is 0.426. The summed E-state index contributed by atoms with van der Waals surface area (Å²) in [6.45, 7) is 9.48. The summed E-state index contributed by atoms with van der Waals surface area (Å²) in [6.07, 6.45) is 8.81. The Morgan fingerprint density at radius 2 is 2.23 bits per heavy atom. The van der Waals surface area contributed by atoms with E-state index in [1.165, 1.54) is 0 Å². The Morgan fingerprint density at radius 3 is 2.88 bits per heavy atom. The molecule has 2 saturated heterocycles. The third-order valence-corrected chi connectivity index (χ3v) is 5.81. The van der Waals surface area contributed by atoms with Gasteiger partial charge in [-0.25, -0.2) is 4.98 Å². The highest BCUT2D eigenvalue weighted by Crippen LogP contribution is 2.28. The van der Waals surface area contributed by atoms with Crippen molar-refractivity contribution in [2.75, 3.05) is 46.5 Å². The Kier molecular flexibility index (Phi) is 6.53. The van der Waals surface area contributed by atoms with Crippen molar-refractivity contribution >= 4 is 5.96 Å². The molecule has 2 aliphatic rings. The first-order valence-electron chi connectivity index (χ1n) is 9.81. The molecule has 0 aromatic carbocycles. The maximum absolute atomic E-state index is 5.85. The first kappa shape index (κ1) is 19.2. The average molecular weight is 364 g/mol. The van der Waals surface area contributed by atoms with Gasteiger partial charge in [-0.05, 0) is 19.3 Å². The Bertz CT molecular complexity index is 568. The van der Waals surface area contributed by atoms with E-state index >= 15 is 0 Å². The number of likely N-dealkylation sites (tertiary alicyclic amines) is 1. The topological polar surface area (TPSA) is 63.9 Å². The molecule has 26 heavy (non-hydrogen) atoms. The first-order chi connectivity index (χ1) is 12.7. The van der Waals surface area contributed by atoms with Gasteiger partial charge in [0, 0.05) is 65.2 Å². The van der Waals surface area contributed by atoms with Gasteiger partial charge in [0.15, 0.2) is 5.96 Å². The highest BCUT2D eigenvalue weighted by atomic mass is 16.5. The van der Waals surface area contributed by atoms with Crippen LogP contribution in [0.4, 0.5) is 0 Å². The fourth-order valence-electron chi connectivity index (χ4n) is 3.91. The van der Waals surface area contributed by atoms with Gasteiger partial charge in [0.2, 0.25) is 0 Å². The van der Waals surface area contributed by atoms with Gasteiger partial charge in [-0.1, -0.05) is 6.92 Å². The number of aromatic nitrogens is 2.